The number of hydrogen-bond acceptors (Lipinski definition) is 4. The normalized spacial score (nSPS) is 28.7. The fourth-order valence-electron chi connectivity index (χ4n) is 6.27. The van der Waals surface area contributed by atoms with Gasteiger partial charge in [0.15, 0.2) is 0 Å². The number of H-pyrrole nitrogens is 1. The van der Waals surface area contributed by atoms with Crippen molar-refractivity contribution in [3.8, 4) is 11.5 Å². The minimum atomic E-state index is -0.201. The summed E-state index contributed by atoms with van der Waals surface area (Å²) in [6.07, 6.45) is 4.21. The molecule has 2 unspecified atom stereocenters. The van der Waals surface area contributed by atoms with Crippen LogP contribution in [0.3, 0.4) is 0 Å². The lowest BCUT2D eigenvalue weighted by Crippen LogP contribution is -2.59. The molecule has 34 heavy (non-hydrogen) atoms. The monoisotopic (exact) mass is 460 g/mol. The van der Waals surface area contributed by atoms with E-state index < -0.39 is 0 Å². The number of aromatic amines is 1. The quantitative estimate of drug-likeness (QED) is 0.406. The number of rotatable bonds is 7. The first kappa shape index (κ1) is 21.7. The van der Waals surface area contributed by atoms with Crippen molar-refractivity contribution in [3.63, 3.8) is 0 Å². The van der Waals surface area contributed by atoms with Crippen LogP contribution in [0.25, 0.3) is 10.9 Å². The maximum absolute atomic E-state index is 11.7. The van der Waals surface area contributed by atoms with E-state index in [-0.39, 0.29) is 23.4 Å². The Labute approximate surface area is 200 Å². The van der Waals surface area contributed by atoms with Gasteiger partial charge in [0.25, 0.3) is 0 Å². The molecule has 4 aliphatic heterocycles. The van der Waals surface area contributed by atoms with Gasteiger partial charge in [-0.15, -0.1) is 0 Å². The van der Waals surface area contributed by atoms with Crippen molar-refractivity contribution in [1.29, 1.82) is 0 Å². The second-order valence-electron chi connectivity index (χ2n) is 10.6. The fraction of sp³-hybridized carbons (Fsp3) is 0.464. The lowest BCUT2D eigenvalue weighted by molar-refractivity contribution is -0.942. The van der Waals surface area contributed by atoms with Crippen molar-refractivity contribution in [2.45, 2.75) is 38.3 Å². The van der Waals surface area contributed by atoms with Gasteiger partial charge in [-0.25, -0.2) is 0 Å². The summed E-state index contributed by atoms with van der Waals surface area (Å²) < 4.78 is 7.41. The average Bonchev–Trinajstić information content (AvgIpc) is 3.66. The molecule has 0 aliphatic carbocycles. The molecular formula is C28H34N3O3+. The highest BCUT2D eigenvalue weighted by Crippen LogP contribution is 2.45. The van der Waals surface area contributed by atoms with E-state index in [2.05, 4.69) is 41.1 Å². The molecule has 1 aromatic heterocycles. The Hall–Kier alpha value is -2.83. The second-order valence-corrected chi connectivity index (χ2v) is 10.6. The number of hydrogen-bond donors (Lipinski definition) is 2. The molecule has 2 aromatic carbocycles. The number of pyridine rings is 1. The third-order valence-electron chi connectivity index (χ3n) is 8.65. The third kappa shape index (κ3) is 3.99. The van der Waals surface area contributed by atoms with Crippen molar-refractivity contribution in [2.75, 3.05) is 39.3 Å². The predicted octanol–water partition coefficient (Wildman–Crippen LogP) is 4.36. The van der Waals surface area contributed by atoms with Gasteiger partial charge < -0.3 is 19.3 Å². The van der Waals surface area contributed by atoms with Gasteiger partial charge in [0.1, 0.15) is 24.7 Å². The number of aromatic nitrogens is 1. The summed E-state index contributed by atoms with van der Waals surface area (Å²) in [5.41, 5.74) is 2.73. The minimum Gasteiger partial charge on any atom is -0.506 e. The van der Waals surface area contributed by atoms with Crippen LogP contribution in [0.1, 0.15) is 49.4 Å². The molecule has 2 bridgehead atoms. The summed E-state index contributed by atoms with van der Waals surface area (Å²) in [7, 11) is 0. The van der Waals surface area contributed by atoms with E-state index in [1.165, 1.54) is 55.0 Å². The van der Waals surface area contributed by atoms with E-state index in [0.717, 1.165) is 42.3 Å². The summed E-state index contributed by atoms with van der Waals surface area (Å²) in [6, 6.07) is 16.1. The van der Waals surface area contributed by atoms with Gasteiger partial charge in [-0.05, 0) is 67.5 Å². The van der Waals surface area contributed by atoms with Gasteiger partial charge in [0.05, 0.1) is 25.2 Å². The number of nitrogens with zero attached hydrogens (tertiary/aromatic N) is 2. The Bertz CT molecular complexity index is 1230. The summed E-state index contributed by atoms with van der Waals surface area (Å²) in [5, 5.41) is 11.1. The molecule has 4 fully saturated rings. The summed E-state index contributed by atoms with van der Waals surface area (Å²) in [6.45, 7) is 9.14. The first-order chi connectivity index (χ1) is 16.5. The number of phenolic OH excluding ortho intramolecular Hbond substituents is 1. The Balaban J connectivity index is 1.08. The Morgan fingerprint density at radius 1 is 1.06 bits per heavy atom. The molecule has 178 valence electrons. The van der Waals surface area contributed by atoms with Crippen LogP contribution in [0.2, 0.25) is 0 Å². The average molecular weight is 461 g/mol. The van der Waals surface area contributed by atoms with E-state index in [4.69, 9.17) is 4.74 Å². The molecule has 2 N–H and O–H groups in total. The largest absolute Gasteiger partial charge is 0.506 e. The smallest absolute Gasteiger partial charge is 0.248 e. The van der Waals surface area contributed by atoms with Crippen LogP contribution in [0.15, 0.2) is 53.3 Å². The molecule has 3 atom stereocenters. The molecule has 3 aromatic rings. The first-order valence-corrected chi connectivity index (χ1v) is 12.7. The van der Waals surface area contributed by atoms with E-state index in [9.17, 15) is 9.90 Å². The number of benzene rings is 2. The summed E-state index contributed by atoms with van der Waals surface area (Å²) in [4.78, 5) is 16.9. The van der Waals surface area contributed by atoms with Gasteiger partial charge in [0.2, 0.25) is 5.56 Å². The molecule has 7 rings (SSSR count). The Morgan fingerprint density at radius 3 is 2.53 bits per heavy atom. The molecule has 4 aliphatic rings. The van der Waals surface area contributed by atoms with Gasteiger partial charge in [-0.1, -0.05) is 18.2 Å². The van der Waals surface area contributed by atoms with E-state index in [1.54, 1.807) is 6.07 Å². The van der Waals surface area contributed by atoms with Crippen LogP contribution < -0.4 is 10.3 Å². The van der Waals surface area contributed by atoms with Crippen molar-refractivity contribution in [2.24, 2.45) is 5.92 Å². The minimum absolute atomic E-state index is 0.113. The SMILES string of the molecule is C[C@H](c1ccc(OCC[N+]23CCC(CC2)CC3)cc1)N1CC1c1ccc(O)c2[nH]c(=O)ccc12. The van der Waals surface area contributed by atoms with Crippen LogP contribution >= 0.6 is 0 Å². The zero-order valence-electron chi connectivity index (χ0n) is 19.9. The van der Waals surface area contributed by atoms with Crippen molar-refractivity contribution in [3.05, 3.63) is 70.0 Å². The van der Waals surface area contributed by atoms with Crippen LogP contribution in [-0.2, 0) is 0 Å². The number of aromatic hydroxyl groups is 1. The van der Waals surface area contributed by atoms with Crippen molar-refractivity contribution in [1.82, 2.24) is 9.88 Å². The van der Waals surface area contributed by atoms with Crippen LogP contribution in [0.5, 0.6) is 11.5 Å². The number of quaternary nitrogens is 1. The Kier molecular flexibility index (Phi) is 5.38. The molecule has 0 radical (unpaired) electrons. The maximum atomic E-state index is 11.7. The molecular weight excluding hydrogens is 426 g/mol. The molecule has 5 heterocycles. The first-order valence-electron chi connectivity index (χ1n) is 12.7. The standard InChI is InChI=1S/C28H33N3O3/c1-19(30-18-25(30)23-6-8-26(32)28-24(23)7-9-27(33)29-28)21-2-4-22(5-3-21)34-17-16-31-13-10-20(11-14-31)12-15-31/h2-9,19-20,25H,10-18H2,1H3,(H-,29,32,33)/p+1/t19-,20?,25?,30?,31?/m1/s1. The third-order valence-corrected chi connectivity index (χ3v) is 8.65. The zero-order valence-corrected chi connectivity index (χ0v) is 19.9. The molecule has 4 saturated heterocycles. The van der Waals surface area contributed by atoms with Gasteiger partial charge in [-0.3, -0.25) is 9.69 Å². The van der Waals surface area contributed by atoms with E-state index in [0.29, 0.717) is 5.52 Å². The number of phenols is 1. The maximum Gasteiger partial charge on any atom is 0.248 e. The lowest BCUT2D eigenvalue weighted by Gasteiger charge is -2.49. The molecule has 6 heteroatoms. The highest BCUT2D eigenvalue weighted by atomic mass is 16.5. The summed E-state index contributed by atoms with van der Waals surface area (Å²) >= 11 is 0. The Morgan fingerprint density at radius 2 is 1.79 bits per heavy atom. The van der Waals surface area contributed by atoms with Gasteiger partial charge in [0, 0.05) is 30.1 Å². The number of piperidine rings is 3. The van der Waals surface area contributed by atoms with Crippen LogP contribution in [0.4, 0.5) is 0 Å². The van der Waals surface area contributed by atoms with Crippen molar-refractivity contribution < 1.29 is 14.3 Å². The van der Waals surface area contributed by atoms with E-state index >= 15 is 0 Å². The predicted molar refractivity (Wildman–Crippen MR) is 133 cm³/mol. The second kappa shape index (κ2) is 8.43. The van der Waals surface area contributed by atoms with Crippen LogP contribution in [0, 0.1) is 5.92 Å². The zero-order chi connectivity index (χ0) is 23.3. The molecule has 0 saturated carbocycles. The number of ether oxygens (including phenoxy) is 1. The van der Waals surface area contributed by atoms with Crippen LogP contribution in [-0.4, -0.2) is 58.8 Å². The lowest BCUT2D eigenvalue weighted by atomic mass is 9.86. The highest BCUT2D eigenvalue weighted by Gasteiger charge is 2.41. The molecule has 6 nitrogen and oxygen atoms in total. The van der Waals surface area contributed by atoms with Gasteiger partial charge in [-0.2, -0.15) is 0 Å². The van der Waals surface area contributed by atoms with E-state index in [1.807, 2.05) is 12.1 Å². The fourth-order valence-corrected chi connectivity index (χ4v) is 6.27. The molecule has 0 spiro atoms. The summed E-state index contributed by atoms with van der Waals surface area (Å²) in [5.74, 6) is 2.06. The number of fused-ring (bicyclic) bond motifs is 4. The number of nitrogens with one attached hydrogen (secondary N) is 1. The van der Waals surface area contributed by atoms with Crippen molar-refractivity contribution >= 4 is 10.9 Å². The topological polar surface area (TPSA) is 65.3 Å². The molecule has 0 amide bonds. The van der Waals surface area contributed by atoms with Gasteiger partial charge >= 0.3 is 0 Å². The highest BCUT2D eigenvalue weighted by molar-refractivity contribution is 5.87.